The van der Waals surface area contributed by atoms with E-state index in [4.69, 9.17) is 16.3 Å². The number of amides is 1. The summed E-state index contributed by atoms with van der Waals surface area (Å²) in [4.78, 5) is 14.0. The monoisotopic (exact) mass is 584 g/mol. The number of rotatable bonds is 11. The maximum Gasteiger partial charge on any atom is 0.264 e. The Morgan fingerprint density at radius 3 is 2.28 bits per heavy atom. The van der Waals surface area contributed by atoms with Gasteiger partial charge < -0.3 is 10.1 Å². The number of hydrogen-bond acceptors (Lipinski definition) is 5. The lowest BCUT2D eigenvalue weighted by Crippen LogP contribution is -2.38. The molecule has 0 bridgehead atoms. The minimum absolute atomic E-state index is 0.0259. The molecule has 39 heavy (non-hydrogen) atoms. The van der Waals surface area contributed by atoms with Gasteiger partial charge in [-0.25, -0.2) is 12.8 Å². The van der Waals surface area contributed by atoms with Crippen LogP contribution >= 0.6 is 23.4 Å². The highest BCUT2D eigenvalue weighted by Gasteiger charge is 2.27. The van der Waals surface area contributed by atoms with Gasteiger partial charge in [-0.1, -0.05) is 35.9 Å². The third-order valence-corrected chi connectivity index (χ3v) is 8.78. The van der Waals surface area contributed by atoms with E-state index in [2.05, 4.69) is 5.32 Å². The molecule has 0 saturated carbocycles. The maximum atomic E-state index is 13.6. The topological polar surface area (TPSA) is 75.7 Å². The molecule has 0 fully saturated rings. The summed E-state index contributed by atoms with van der Waals surface area (Å²) in [5.41, 5.74) is 1.78. The number of carbonyl (C=O) groups excluding carboxylic acids is 1. The van der Waals surface area contributed by atoms with Crippen molar-refractivity contribution in [3.63, 3.8) is 0 Å². The molecule has 4 aromatic carbocycles. The van der Waals surface area contributed by atoms with Crippen molar-refractivity contribution in [3.8, 4) is 5.75 Å². The fraction of sp³-hybridized carbons (Fsp3) is 0.138. The summed E-state index contributed by atoms with van der Waals surface area (Å²) in [6.45, 7) is 1.75. The van der Waals surface area contributed by atoms with Gasteiger partial charge >= 0.3 is 0 Å². The summed E-state index contributed by atoms with van der Waals surface area (Å²) in [5, 5.41) is 3.49. The molecule has 10 heteroatoms. The Kier molecular flexibility index (Phi) is 9.50. The molecule has 1 amide bonds. The summed E-state index contributed by atoms with van der Waals surface area (Å²) in [6, 6.07) is 25.7. The van der Waals surface area contributed by atoms with E-state index in [0.717, 1.165) is 26.9 Å². The molecule has 0 saturated heterocycles. The lowest BCUT2D eigenvalue weighted by molar-refractivity contribution is -0.114. The van der Waals surface area contributed by atoms with Gasteiger partial charge in [-0.3, -0.25) is 9.10 Å². The largest absolute Gasteiger partial charge is 0.494 e. The van der Waals surface area contributed by atoms with Crippen LogP contribution in [0.3, 0.4) is 0 Å². The summed E-state index contributed by atoms with van der Waals surface area (Å²) >= 11 is 7.50. The van der Waals surface area contributed by atoms with Crippen LogP contribution in [0.5, 0.6) is 5.75 Å². The average molecular weight is 585 g/mol. The van der Waals surface area contributed by atoms with Gasteiger partial charge in [0.05, 0.1) is 22.9 Å². The van der Waals surface area contributed by atoms with E-state index >= 15 is 0 Å². The molecule has 0 heterocycles. The predicted octanol–water partition coefficient (Wildman–Crippen LogP) is 7.00. The van der Waals surface area contributed by atoms with Crippen LogP contribution in [0.4, 0.5) is 15.8 Å². The van der Waals surface area contributed by atoms with Gasteiger partial charge in [-0.05, 0) is 85.3 Å². The molecular weight excluding hydrogens is 559 g/mol. The zero-order valence-corrected chi connectivity index (χ0v) is 23.4. The number of benzene rings is 4. The second kappa shape index (κ2) is 13.0. The molecule has 0 aliphatic carbocycles. The third-order valence-electron chi connectivity index (χ3n) is 5.59. The molecule has 0 aromatic heterocycles. The smallest absolute Gasteiger partial charge is 0.264 e. The number of thioether (sulfide) groups is 1. The number of para-hydroxylation sites is 1. The Bertz CT molecular complexity index is 1510. The van der Waals surface area contributed by atoms with Crippen molar-refractivity contribution in [2.45, 2.75) is 22.5 Å². The van der Waals surface area contributed by atoms with Gasteiger partial charge in [0.1, 0.15) is 18.1 Å². The first kappa shape index (κ1) is 28.5. The average Bonchev–Trinajstić information content (AvgIpc) is 2.93. The van der Waals surface area contributed by atoms with Crippen LogP contribution in [-0.4, -0.2) is 27.5 Å². The number of hydrogen-bond donors (Lipinski definition) is 1. The quantitative estimate of drug-likeness (QED) is 0.192. The van der Waals surface area contributed by atoms with Crippen LogP contribution in [0.15, 0.2) is 107 Å². The lowest BCUT2D eigenvalue weighted by atomic mass is 10.2. The highest BCUT2D eigenvalue weighted by molar-refractivity contribution is 7.98. The zero-order chi connectivity index (χ0) is 27.8. The number of ether oxygens (including phenoxy) is 1. The number of nitrogens with one attached hydrogen (secondary N) is 1. The molecule has 6 nitrogen and oxygen atoms in total. The van der Waals surface area contributed by atoms with Crippen molar-refractivity contribution in [2.24, 2.45) is 0 Å². The Morgan fingerprint density at radius 1 is 0.949 bits per heavy atom. The van der Waals surface area contributed by atoms with Crippen LogP contribution in [0, 0.1) is 5.82 Å². The van der Waals surface area contributed by atoms with E-state index in [-0.39, 0.29) is 10.6 Å². The molecule has 0 unspecified atom stereocenters. The molecule has 202 valence electrons. The second-order valence-electron chi connectivity index (χ2n) is 8.35. The molecular formula is C29H26ClFN2O4S2. The van der Waals surface area contributed by atoms with Crippen LogP contribution < -0.4 is 14.4 Å². The second-order valence-corrected chi connectivity index (χ2v) is 11.7. The SMILES string of the molecule is CCOc1ccc(S(=O)(=O)N(CC(=O)Nc2ccccc2SCc2ccc(Cl)cc2)c2ccc(F)cc2)cc1. The zero-order valence-electron chi connectivity index (χ0n) is 21.0. The first-order valence-corrected chi connectivity index (χ1v) is 14.8. The van der Waals surface area contributed by atoms with Gasteiger partial charge in [0.25, 0.3) is 10.0 Å². The summed E-state index contributed by atoms with van der Waals surface area (Å²) in [7, 11) is -4.17. The van der Waals surface area contributed by atoms with Crippen LogP contribution in [0.25, 0.3) is 0 Å². The van der Waals surface area contributed by atoms with Crippen molar-refractivity contribution >= 4 is 50.7 Å². The molecule has 0 atom stereocenters. The first-order chi connectivity index (χ1) is 18.8. The van der Waals surface area contributed by atoms with E-state index in [1.54, 1.807) is 24.3 Å². The van der Waals surface area contributed by atoms with Crippen molar-refractivity contribution < 1.29 is 22.3 Å². The normalized spacial score (nSPS) is 11.2. The van der Waals surface area contributed by atoms with E-state index in [9.17, 15) is 17.6 Å². The molecule has 4 aromatic rings. The highest BCUT2D eigenvalue weighted by Crippen LogP contribution is 2.31. The molecule has 0 spiro atoms. The van der Waals surface area contributed by atoms with E-state index < -0.39 is 28.3 Å². The number of sulfonamides is 1. The Hall–Kier alpha value is -3.53. The van der Waals surface area contributed by atoms with Crippen molar-refractivity contribution in [1.82, 2.24) is 0 Å². The van der Waals surface area contributed by atoms with Crippen LogP contribution in [0.2, 0.25) is 5.02 Å². The number of halogens is 2. The lowest BCUT2D eigenvalue weighted by Gasteiger charge is -2.24. The molecule has 1 N–H and O–H groups in total. The van der Waals surface area contributed by atoms with Crippen LogP contribution in [-0.2, 0) is 20.6 Å². The minimum atomic E-state index is -4.17. The molecule has 4 rings (SSSR count). The van der Waals surface area contributed by atoms with Crippen molar-refractivity contribution in [3.05, 3.63) is 113 Å². The van der Waals surface area contributed by atoms with Crippen LogP contribution in [0.1, 0.15) is 12.5 Å². The molecule has 0 aliphatic heterocycles. The Balaban J connectivity index is 1.55. The first-order valence-electron chi connectivity index (χ1n) is 12.0. The molecule has 0 aliphatic rings. The number of carbonyl (C=O) groups is 1. The van der Waals surface area contributed by atoms with Gasteiger partial charge in [-0.2, -0.15) is 0 Å². The van der Waals surface area contributed by atoms with E-state index in [1.807, 2.05) is 43.3 Å². The number of anilines is 2. The summed E-state index contributed by atoms with van der Waals surface area (Å²) in [6.07, 6.45) is 0. The number of nitrogens with zero attached hydrogens (tertiary/aromatic N) is 1. The molecule has 0 radical (unpaired) electrons. The standard InChI is InChI=1S/C29H26ClFN2O4S2/c1-2-37-25-15-17-26(18-16-25)39(35,36)33(24-13-11-23(31)12-14-24)19-29(34)32-27-5-3-4-6-28(27)38-20-21-7-9-22(30)10-8-21/h3-18H,2,19-20H2,1H3,(H,32,34). The summed E-state index contributed by atoms with van der Waals surface area (Å²) in [5.74, 6) is 0.106. The third kappa shape index (κ3) is 7.53. The predicted molar refractivity (Wildman–Crippen MR) is 155 cm³/mol. The van der Waals surface area contributed by atoms with Crippen molar-refractivity contribution in [1.29, 1.82) is 0 Å². The fourth-order valence-corrected chi connectivity index (χ4v) is 6.19. The van der Waals surface area contributed by atoms with Crippen molar-refractivity contribution in [2.75, 3.05) is 22.8 Å². The Labute approximate surface area is 236 Å². The van der Waals surface area contributed by atoms with Gasteiger partial charge in [0, 0.05) is 15.7 Å². The van der Waals surface area contributed by atoms with E-state index in [0.29, 0.717) is 28.8 Å². The van der Waals surface area contributed by atoms with Gasteiger partial charge in [0.15, 0.2) is 0 Å². The van der Waals surface area contributed by atoms with Gasteiger partial charge in [0.2, 0.25) is 5.91 Å². The fourth-order valence-electron chi connectivity index (χ4n) is 3.68. The highest BCUT2D eigenvalue weighted by atomic mass is 35.5. The summed E-state index contributed by atoms with van der Waals surface area (Å²) < 4.78 is 47.2. The Morgan fingerprint density at radius 2 is 1.62 bits per heavy atom. The minimum Gasteiger partial charge on any atom is -0.494 e. The van der Waals surface area contributed by atoms with E-state index in [1.165, 1.54) is 36.0 Å². The maximum absolute atomic E-state index is 13.6. The van der Waals surface area contributed by atoms with Gasteiger partial charge in [-0.15, -0.1) is 11.8 Å².